The first kappa shape index (κ1) is 15.8. The number of hydrogen-bond donors (Lipinski definition) is 1. The Morgan fingerprint density at radius 2 is 2.19 bits per heavy atom. The van der Waals surface area contributed by atoms with Crippen molar-refractivity contribution >= 4 is 11.4 Å². The van der Waals surface area contributed by atoms with Gasteiger partial charge in [-0.1, -0.05) is 33.8 Å². The molecule has 1 aromatic rings. The standard InChI is InChI=1S/C16H24N2O3/c1-11(2)10-21-15-9-14(16(15,3)4)17-12-6-5-7-13(8-12)18(19)20/h5-8,11,14-15,17H,9-10H2,1-4H3. The molecule has 1 N–H and O–H groups in total. The van der Waals surface area contributed by atoms with Gasteiger partial charge in [0.05, 0.1) is 11.0 Å². The van der Waals surface area contributed by atoms with Gasteiger partial charge in [0.1, 0.15) is 0 Å². The van der Waals surface area contributed by atoms with Gasteiger partial charge in [0.15, 0.2) is 0 Å². The Morgan fingerprint density at radius 3 is 2.76 bits per heavy atom. The monoisotopic (exact) mass is 292 g/mol. The Balaban J connectivity index is 1.96. The van der Waals surface area contributed by atoms with Gasteiger partial charge in [0.25, 0.3) is 5.69 Å². The Labute approximate surface area is 125 Å². The van der Waals surface area contributed by atoms with Gasteiger partial charge in [-0.2, -0.15) is 0 Å². The summed E-state index contributed by atoms with van der Waals surface area (Å²) < 4.78 is 5.94. The fourth-order valence-electron chi connectivity index (χ4n) is 2.63. The molecule has 1 saturated carbocycles. The molecule has 0 aliphatic heterocycles. The Hall–Kier alpha value is -1.62. The Bertz CT molecular complexity index is 514. The third-order valence-electron chi connectivity index (χ3n) is 4.21. The topological polar surface area (TPSA) is 64.4 Å². The molecular formula is C16H24N2O3. The molecule has 21 heavy (non-hydrogen) atoms. The maximum atomic E-state index is 10.8. The molecule has 5 nitrogen and oxygen atoms in total. The first-order valence-corrected chi connectivity index (χ1v) is 7.43. The van der Waals surface area contributed by atoms with Gasteiger partial charge in [-0.3, -0.25) is 10.1 Å². The minimum absolute atomic E-state index is 0.0273. The van der Waals surface area contributed by atoms with E-state index in [1.807, 2.05) is 6.07 Å². The van der Waals surface area contributed by atoms with E-state index >= 15 is 0 Å². The number of hydrogen-bond acceptors (Lipinski definition) is 4. The van der Waals surface area contributed by atoms with Gasteiger partial charge < -0.3 is 10.1 Å². The number of nitro groups is 1. The van der Waals surface area contributed by atoms with Crippen LogP contribution in [-0.2, 0) is 4.74 Å². The van der Waals surface area contributed by atoms with Crippen molar-refractivity contribution in [3.05, 3.63) is 34.4 Å². The lowest BCUT2D eigenvalue weighted by Gasteiger charge is -2.52. The van der Waals surface area contributed by atoms with Crippen molar-refractivity contribution in [2.45, 2.75) is 46.3 Å². The molecule has 0 radical (unpaired) electrons. The highest BCUT2D eigenvalue weighted by atomic mass is 16.6. The second-order valence-corrected chi connectivity index (χ2v) is 6.78. The summed E-state index contributed by atoms with van der Waals surface area (Å²) in [4.78, 5) is 10.4. The molecule has 0 spiro atoms. The van der Waals surface area contributed by atoms with Gasteiger partial charge in [-0.25, -0.2) is 0 Å². The molecule has 0 bridgehead atoms. The van der Waals surface area contributed by atoms with Gasteiger partial charge in [0, 0.05) is 35.9 Å². The van der Waals surface area contributed by atoms with Crippen LogP contribution in [0.4, 0.5) is 11.4 Å². The zero-order valence-corrected chi connectivity index (χ0v) is 13.1. The van der Waals surface area contributed by atoms with Crippen molar-refractivity contribution in [1.82, 2.24) is 0 Å². The predicted molar refractivity (Wildman–Crippen MR) is 83.5 cm³/mol. The molecule has 2 rings (SSSR count). The molecular weight excluding hydrogens is 268 g/mol. The van der Waals surface area contributed by atoms with E-state index in [0.717, 1.165) is 18.7 Å². The van der Waals surface area contributed by atoms with E-state index in [-0.39, 0.29) is 28.2 Å². The first-order chi connectivity index (χ1) is 9.80. The summed E-state index contributed by atoms with van der Waals surface area (Å²) in [6, 6.07) is 6.94. The summed E-state index contributed by atoms with van der Waals surface area (Å²) in [7, 11) is 0. The van der Waals surface area contributed by atoms with Crippen LogP contribution in [0.5, 0.6) is 0 Å². The number of nitro benzene ring substituents is 1. The lowest BCUT2D eigenvalue weighted by molar-refractivity contribution is -0.384. The molecule has 2 unspecified atom stereocenters. The number of non-ortho nitro benzene ring substituents is 1. The van der Waals surface area contributed by atoms with E-state index in [4.69, 9.17) is 4.74 Å². The van der Waals surface area contributed by atoms with E-state index in [1.54, 1.807) is 12.1 Å². The maximum absolute atomic E-state index is 10.8. The second-order valence-electron chi connectivity index (χ2n) is 6.78. The van der Waals surface area contributed by atoms with Crippen molar-refractivity contribution in [2.24, 2.45) is 11.3 Å². The third kappa shape index (κ3) is 3.53. The largest absolute Gasteiger partial charge is 0.381 e. The number of nitrogens with zero attached hydrogens (tertiary/aromatic N) is 1. The smallest absolute Gasteiger partial charge is 0.271 e. The van der Waals surface area contributed by atoms with Gasteiger partial charge in [0.2, 0.25) is 0 Å². The number of benzene rings is 1. The van der Waals surface area contributed by atoms with Crippen molar-refractivity contribution in [2.75, 3.05) is 11.9 Å². The number of rotatable bonds is 6. The van der Waals surface area contributed by atoms with Crippen molar-refractivity contribution in [3.63, 3.8) is 0 Å². The molecule has 2 atom stereocenters. The van der Waals surface area contributed by atoms with E-state index < -0.39 is 0 Å². The highest BCUT2D eigenvalue weighted by Gasteiger charge is 2.49. The van der Waals surface area contributed by atoms with Crippen LogP contribution in [0.15, 0.2) is 24.3 Å². The molecule has 5 heteroatoms. The summed E-state index contributed by atoms with van der Waals surface area (Å²) in [6.45, 7) is 9.42. The van der Waals surface area contributed by atoms with E-state index in [2.05, 4.69) is 33.0 Å². The molecule has 1 aliphatic carbocycles. The quantitative estimate of drug-likeness (QED) is 0.639. The van der Waals surface area contributed by atoms with Crippen molar-refractivity contribution < 1.29 is 9.66 Å². The van der Waals surface area contributed by atoms with Crippen LogP contribution in [0.3, 0.4) is 0 Å². The van der Waals surface area contributed by atoms with Crippen LogP contribution in [0.2, 0.25) is 0 Å². The highest BCUT2D eigenvalue weighted by molar-refractivity contribution is 5.52. The molecule has 1 fully saturated rings. The second kappa shape index (κ2) is 6.02. The molecule has 0 saturated heterocycles. The SMILES string of the molecule is CC(C)COC1CC(Nc2cccc([N+](=O)[O-])c2)C1(C)C. The molecule has 0 aromatic heterocycles. The predicted octanol–water partition coefficient (Wildman–Crippen LogP) is 3.85. The van der Waals surface area contributed by atoms with Gasteiger partial charge in [-0.15, -0.1) is 0 Å². The van der Waals surface area contributed by atoms with Crippen LogP contribution < -0.4 is 5.32 Å². The normalized spacial score (nSPS) is 23.7. The van der Waals surface area contributed by atoms with Crippen LogP contribution in [0.25, 0.3) is 0 Å². The number of anilines is 1. The first-order valence-electron chi connectivity index (χ1n) is 7.43. The maximum Gasteiger partial charge on any atom is 0.271 e. The average Bonchev–Trinajstić information content (AvgIpc) is 2.42. The van der Waals surface area contributed by atoms with Crippen LogP contribution in [0, 0.1) is 21.4 Å². The minimum atomic E-state index is -0.369. The number of nitrogens with one attached hydrogen (secondary N) is 1. The van der Waals surface area contributed by atoms with E-state index in [1.165, 1.54) is 6.07 Å². The fraction of sp³-hybridized carbons (Fsp3) is 0.625. The van der Waals surface area contributed by atoms with Crippen LogP contribution >= 0.6 is 0 Å². The molecule has 0 heterocycles. The van der Waals surface area contributed by atoms with Crippen molar-refractivity contribution in [1.29, 1.82) is 0 Å². The average molecular weight is 292 g/mol. The van der Waals surface area contributed by atoms with Gasteiger partial charge in [-0.05, 0) is 18.4 Å². The highest BCUT2D eigenvalue weighted by Crippen LogP contribution is 2.44. The Morgan fingerprint density at radius 1 is 1.48 bits per heavy atom. The summed E-state index contributed by atoms with van der Waals surface area (Å²) in [5.41, 5.74) is 0.939. The summed E-state index contributed by atoms with van der Waals surface area (Å²) >= 11 is 0. The lowest BCUT2D eigenvalue weighted by atomic mass is 9.64. The summed E-state index contributed by atoms with van der Waals surface area (Å²) in [5, 5.41) is 14.2. The van der Waals surface area contributed by atoms with E-state index in [9.17, 15) is 10.1 Å². The third-order valence-corrected chi connectivity index (χ3v) is 4.21. The molecule has 1 aromatic carbocycles. The van der Waals surface area contributed by atoms with E-state index in [0.29, 0.717) is 5.92 Å². The van der Waals surface area contributed by atoms with Crippen LogP contribution in [-0.4, -0.2) is 23.7 Å². The molecule has 116 valence electrons. The zero-order chi connectivity index (χ0) is 15.6. The summed E-state index contributed by atoms with van der Waals surface area (Å²) in [6.07, 6.45) is 1.18. The fourth-order valence-corrected chi connectivity index (χ4v) is 2.63. The Kier molecular flexibility index (Phi) is 4.52. The zero-order valence-electron chi connectivity index (χ0n) is 13.1. The minimum Gasteiger partial charge on any atom is -0.381 e. The summed E-state index contributed by atoms with van der Waals surface area (Å²) in [5.74, 6) is 0.532. The molecule has 0 amide bonds. The van der Waals surface area contributed by atoms with Gasteiger partial charge >= 0.3 is 0 Å². The lowest BCUT2D eigenvalue weighted by Crippen LogP contribution is -2.58. The molecule has 1 aliphatic rings. The number of ether oxygens (including phenoxy) is 1. The van der Waals surface area contributed by atoms with Crippen LogP contribution in [0.1, 0.15) is 34.1 Å². The van der Waals surface area contributed by atoms with Crippen molar-refractivity contribution in [3.8, 4) is 0 Å².